The Labute approximate surface area is 177 Å². The van der Waals surface area contributed by atoms with Crippen molar-refractivity contribution in [3.8, 4) is 5.75 Å². The maximum absolute atomic E-state index is 12.0. The van der Waals surface area contributed by atoms with Gasteiger partial charge in [-0.2, -0.15) is 0 Å². The molecule has 0 aliphatic heterocycles. The molecular formula is C22H27ClN2O2S. The van der Waals surface area contributed by atoms with Crippen molar-refractivity contribution in [2.45, 2.75) is 46.0 Å². The Morgan fingerprint density at radius 2 is 1.82 bits per heavy atom. The smallest absolute Gasteiger partial charge is 0.226 e. The molecule has 0 aromatic heterocycles. The van der Waals surface area contributed by atoms with E-state index in [1.807, 2.05) is 31.2 Å². The van der Waals surface area contributed by atoms with Gasteiger partial charge < -0.3 is 15.4 Å². The highest BCUT2D eigenvalue weighted by molar-refractivity contribution is 7.80. The van der Waals surface area contributed by atoms with E-state index in [9.17, 15) is 4.79 Å². The first-order valence-electron chi connectivity index (χ1n) is 9.25. The number of carbonyl (C=O) groups excluding carboxylic acids is 1. The van der Waals surface area contributed by atoms with E-state index in [4.69, 9.17) is 28.6 Å². The number of thiocarbonyl (C=S) groups is 1. The van der Waals surface area contributed by atoms with Gasteiger partial charge in [-0.3, -0.25) is 4.79 Å². The molecule has 0 aliphatic carbocycles. The zero-order chi connectivity index (χ0) is 20.7. The van der Waals surface area contributed by atoms with Crippen molar-refractivity contribution in [3.63, 3.8) is 0 Å². The Morgan fingerprint density at radius 1 is 1.14 bits per heavy atom. The molecule has 2 rings (SSSR count). The number of rotatable bonds is 6. The van der Waals surface area contributed by atoms with E-state index in [-0.39, 0.29) is 16.4 Å². The fourth-order valence-corrected chi connectivity index (χ4v) is 2.91. The van der Waals surface area contributed by atoms with Gasteiger partial charge in [0.25, 0.3) is 0 Å². The predicted molar refractivity (Wildman–Crippen MR) is 120 cm³/mol. The lowest BCUT2D eigenvalue weighted by atomic mass is 9.87. The van der Waals surface area contributed by atoms with E-state index >= 15 is 0 Å². The second-order valence-electron chi connectivity index (χ2n) is 7.69. The molecule has 0 bridgehead atoms. The van der Waals surface area contributed by atoms with Crippen LogP contribution in [0.3, 0.4) is 0 Å². The van der Waals surface area contributed by atoms with E-state index in [1.54, 1.807) is 6.07 Å². The molecule has 0 unspecified atom stereocenters. The molecular weight excluding hydrogens is 392 g/mol. The van der Waals surface area contributed by atoms with Crippen molar-refractivity contribution in [1.29, 1.82) is 0 Å². The first-order chi connectivity index (χ1) is 13.1. The normalized spacial score (nSPS) is 11.0. The minimum absolute atomic E-state index is 0.118. The van der Waals surface area contributed by atoms with Crippen molar-refractivity contribution in [2.24, 2.45) is 0 Å². The minimum Gasteiger partial charge on any atom is -0.494 e. The van der Waals surface area contributed by atoms with Crippen LogP contribution in [0.1, 0.15) is 44.7 Å². The van der Waals surface area contributed by atoms with Gasteiger partial charge in [0, 0.05) is 17.1 Å². The van der Waals surface area contributed by atoms with E-state index < -0.39 is 0 Å². The second kappa shape index (κ2) is 9.89. The quantitative estimate of drug-likeness (QED) is 0.472. The van der Waals surface area contributed by atoms with Gasteiger partial charge in [-0.05, 0) is 66.4 Å². The number of hydrogen-bond acceptors (Lipinski definition) is 3. The highest BCUT2D eigenvalue weighted by Crippen LogP contribution is 2.24. The minimum atomic E-state index is -0.151. The number of anilines is 1. The first kappa shape index (κ1) is 22.2. The summed E-state index contributed by atoms with van der Waals surface area (Å²) in [6.07, 6.45) is 0.933. The number of hydrogen-bond donors (Lipinski definition) is 2. The van der Waals surface area contributed by atoms with Crippen LogP contribution in [-0.4, -0.2) is 17.6 Å². The van der Waals surface area contributed by atoms with E-state index in [1.165, 1.54) is 5.56 Å². The molecule has 0 heterocycles. The fraction of sp³-hybridized carbons (Fsp3) is 0.364. The Balaban J connectivity index is 1.69. The van der Waals surface area contributed by atoms with Crippen LogP contribution < -0.4 is 15.4 Å². The Kier molecular flexibility index (Phi) is 7.84. The summed E-state index contributed by atoms with van der Waals surface area (Å²) < 4.78 is 5.71. The zero-order valence-electron chi connectivity index (χ0n) is 16.8. The van der Waals surface area contributed by atoms with E-state index in [0.29, 0.717) is 24.5 Å². The van der Waals surface area contributed by atoms with Crippen molar-refractivity contribution in [3.05, 3.63) is 58.6 Å². The van der Waals surface area contributed by atoms with Gasteiger partial charge in [0.1, 0.15) is 5.75 Å². The Morgan fingerprint density at radius 3 is 2.43 bits per heavy atom. The van der Waals surface area contributed by atoms with Crippen LogP contribution in [0.4, 0.5) is 5.69 Å². The molecule has 0 fully saturated rings. The number of amides is 1. The van der Waals surface area contributed by atoms with Gasteiger partial charge >= 0.3 is 0 Å². The lowest BCUT2D eigenvalue weighted by Gasteiger charge is -2.19. The molecule has 2 aromatic carbocycles. The van der Waals surface area contributed by atoms with Gasteiger partial charge in [-0.25, -0.2) is 0 Å². The summed E-state index contributed by atoms with van der Waals surface area (Å²) in [5.74, 6) is 0.657. The van der Waals surface area contributed by atoms with Crippen molar-refractivity contribution >= 4 is 40.5 Å². The number of halogens is 1. The number of ether oxygens (including phenoxy) is 1. The van der Waals surface area contributed by atoms with Crippen molar-refractivity contribution < 1.29 is 9.53 Å². The summed E-state index contributed by atoms with van der Waals surface area (Å²) in [5.41, 5.74) is 3.10. The molecule has 6 heteroatoms. The highest BCUT2D eigenvalue weighted by Gasteiger charge is 2.13. The van der Waals surface area contributed by atoms with Crippen LogP contribution in [0.25, 0.3) is 0 Å². The van der Waals surface area contributed by atoms with Crippen LogP contribution in [0.15, 0.2) is 42.5 Å². The molecule has 0 atom stereocenters. The average molecular weight is 419 g/mol. The predicted octanol–water partition coefficient (Wildman–Crippen LogP) is 5.62. The summed E-state index contributed by atoms with van der Waals surface area (Å²) in [7, 11) is 0. The lowest BCUT2D eigenvalue weighted by molar-refractivity contribution is -0.119. The van der Waals surface area contributed by atoms with E-state index in [0.717, 1.165) is 17.0 Å². The van der Waals surface area contributed by atoms with E-state index in [2.05, 4.69) is 43.5 Å². The molecule has 4 nitrogen and oxygen atoms in total. The highest BCUT2D eigenvalue weighted by atomic mass is 35.5. The largest absolute Gasteiger partial charge is 0.494 e. The zero-order valence-corrected chi connectivity index (χ0v) is 18.3. The van der Waals surface area contributed by atoms with Gasteiger partial charge in [0.2, 0.25) is 5.91 Å². The third-order valence-electron chi connectivity index (χ3n) is 4.22. The van der Waals surface area contributed by atoms with Crippen LogP contribution in [0.2, 0.25) is 5.02 Å². The lowest BCUT2D eigenvalue weighted by Crippen LogP contribution is -2.34. The molecule has 0 saturated carbocycles. The summed E-state index contributed by atoms with van der Waals surface area (Å²) in [5, 5.41) is 6.52. The summed E-state index contributed by atoms with van der Waals surface area (Å²) in [6, 6.07) is 13.6. The summed E-state index contributed by atoms with van der Waals surface area (Å²) >= 11 is 11.3. The molecule has 2 aromatic rings. The molecule has 0 radical (unpaired) electrons. The van der Waals surface area contributed by atoms with Gasteiger partial charge in [0.15, 0.2) is 5.11 Å². The van der Waals surface area contributed by atoms with Crippen molar-refractivity contribution in [1.82, 2.24) is 5.32 Å². The SMILES string of the molecule is Cc1ccc(NC(=S)NC(=O)CCCOc2ccc(C(C)(C)C)cc2)cc1Cl. The molecule has 1 amide bonds. The second-order valence-corrected chi connectivity index (χ2v) is 8.51. The Hall–Kier alpha value is -2.11. The Bertz CT molecular complexity index is 829. The summed E-state index contributed by atoms with van der Waals surface area (Å²) in [6.45, 7) is 8.92. The third-order valence-corrected chi connectivity index (χ3v) is 4.83. The van der Waals surface area contributed by atoms with Crippen LogP contribution in [0, 0.1) is 6.92 Å². The molecule has 0 saturated heterocycles. The molecule has 0 spiro atoms. The van der Waals surface area contributed by atoms with Gasteiger partial charge in [-0.15, -0.1) is 0 Å². The molecule has 150 valence electrons. The fourth-order valence-electron chi connectivity index (χ4n) is 2.50. The molecule has 28 heavy (non-hydrogen) atoms. The standard InChI is InChI=1S/C22H27ClN2O2S/c1-15-7-10-17(14-19(15)23)24-21(28)25-20(26)6-5-13-27-18-11-8-16(9-12-18)22(2,3)4/h7-12,14H,5-6,13H2,1-4H3,(H2,24,25,26,28). The third kappa shape index (κ3) is 7.13. The topological polar surface area (TPSA) is 50.4 Å². The summed E-state index contributed by atoms with van der Waals surface area (Å²) in [4.78, 5) is 12.0. The van der Waals surface area contributed by atoms with Gasteiger partial charge in [0.05, 0.1) is 6.61 Å². The maximum Gasteiger partial charge on any atom is 0.226 e. The molecule has 2 N–H and O–H groups in total. The van der Waals surface area contributed by atoms with Crippen molar-refractivity contribution in [2.75, 3.05) is 11.9 Å². The monoisotopic (exact) mass is 418 g/mol. The number of nitrogens with one attached hydrogen (secondary N) is 2. The van der Waals surface area contributed by atoms with Gasteiger partial charge in [-0.1, -0.05) is 50.6 Å². The number of aryl methyl sites for hydroxylation is 1. The molecule has 0 aliphatic rings. The number of carbonyl (C=O) groups is 1. The maximum atomic E-state index is 12.0. The first-order valence-corrected chi connectivity index (χ1v) is 10.0. The van der Waals surface area contributed by atoms with Crippen LogP contribution in [-0.2, 0) is 10.2 Å². The average Bonchev–Trinajstić information content (AvgIpc) is 2.61. The van der Waals surface area contributed by atoms with Crippen LogP contribution >= 0.6 is 23.8 Å². The number of benzene rings is 2. The van der Waals surface area contributed by atoms with Crippen LogP contribution in [0.5, 0.6) is 5.75 Å².